The molecular formula is C15H11ClN4O2. The van der Waals surface area contributed by atoms with Gasteiger partial charge in [-0.2, -0.15) is 0 Å². The van der Waals surface area contributed by atoms with Crippen LogP contribution in [0.2, 0.25) is 5.02 Å². The topological polar surface area (TPSA) is 69.9 Å². The number of carbonyl (C=O) groups is 1. The maximum atomic E-state index is 11.2. The van der Waals surface area contributed by atoms with Crippen molar-refractivity contribution < 1.29 is 9.53 Å². The lowest BCUT2D eigenvalue weighted by atomic mass is 10.1. The van der Waals surface area contributed by atoms with E-state index >= 15 is 0 Å². The Morgan fingerprint density at radius 3 is 2.82 bits per heavy atom. The first-order valence-electron chi connectivity index (χ1n) is 6.40. The highest BCUT2D eigenvalue weighted by molar-refractivity contribution is 6.32. The number of methoxy groups -OCH3 is 1. The lowest BCUT2D eigenvalue weighted by molar-refractivity contribution is 0.111. The highest BCUT2D eigenvalue weighted by atomic mass is 35.5. The van der Waals surface area contributed by atoms with Gasteiger partial charge < -0.3 is 4.74 Å². The zero-order valence-electron chi connectivity index (χ0n) is 11.6. The van der Waals surface area contributed by atoms with E-state index in [-0.39, 0.29) is 5.69 Å². The van der Waals surface area contributed by atoms with Gasteiger partial charge in [0.05, 0.1) is 17.8 Å². The molecule has 0 amide bonds. The number of pyridine rings is 1. The molecule has 0 bridgehead atoms. The van der Waals surface area contributed by atoms with Gasteiger partial charge in [-0.3, -0.25) is 9.78 Å². The molecule has 3 aromatic rings. The summed E-state index contributed by atoms with van der Waals surface area (Å²) in [5.41, 5.74) is 2.20. The maximum Gasteiger partial charge on any atom is 0.172 e. The first-order valence-corrected chi connectivity index (χ1v) is 6.77. The molecule has 110 valence electrons. The van der Waals surface area contributed by atoms with Crippen molar-refractivity contribution in [2.45, 2.75) is 0 Å². The second-order valence-corrected chi connectivity index (χ2v) is 4.82. The molecule has 3 rings (SSSR count). The molecule has 0 aliphatic heterocycles. The van der Waals surface area contributed by atoms with Gasteiger partial charge in [0.15, 0.2) is 12.0 Å². The van der Waals surface area contributed by atoms with Crippen molar-refractivity contribution >= 4 is 17.9 Å². The maximum absolute atomic E-state index is 11.2. The van der Waals surface area contributed by atoms with Crippen LogP contribution < -0.4 is 4.74 Å². The average Bonchev–Trinajstić information content (AvgIpc) is 2.99. The van der Waals surface area contributed by atoms with E-state index in [9.17, 15) is 4.79 Å². The van der Waals surface area contributed by atoms with E-state index in [1.54, 1.807) is 48.5 Å². The van der Waals surface area contributed by atoms with E-state index in [4.69, 9.17) is 16.3 Å². The number of aromatic nitrogens is 4. The fraction of sp³-hybridized carbons (Fsp3) is 0.0667. The molecule has 6 nitrogen and oxygen atoms in total. The van der Waals surface area contributed by atoms with E-state index < -0.39 is 0 Å². The van der Waals surface area contributed by atoms with Crippen LogP contribution in [-0.4, -0.2) is 33.4 Å². The zero-order chi connectivity index (χ0) is 15.5. The molecule has 0 radical (unpaired) electrons. The Hall–Kier alpha value is -2.73. The van der Waals surface area contributed by atoms with Crippen LogP contribution in [0, 0.1) is 0 Å². The number of hydrogen-bond donors (Lipinski definition) is 0. The molecular weight excluding hydrogens is 304 g/mol. The molecule has 2 aromatic heterocycles. The Balaban J connectivity index is 2.18. The van der Waals surface area contributed by atoms with Crippen LogP contribution in [0.25, 0.3) is 16.9 Å². The van der Waals surface area contributed by atoms with Crippen LogP contribution in [0.5, 0.6) is 5.75 Å². The number of ether oxygens (including phenoxy) is 1. The summed E-state index contributed by atoms with van der Waals surface area (Å²) in [6.07, 6.45) is 3.97. The van der Waals surface area contributed by atoms with Gasteiger partial charge in [-0.1, -0.05) is 16.8 Å². The third kappa shape index (κ3) is 2.44. The highest BCUT2D eigenvalue weighted by Gasteiger charge is 2.16. The number of carbonyl (C=O) groups excluding carboxylic acids is 1. The Morgan fingerprint density at radius 1 is 1.32 bits per heavy atom. The Labute approximate surface area is 131 Å². The van der Waals surface area contributed by atoms with Gasteiger partial charge in [0, 0.05) is 18.0 Å². The summed E-state index contributed by atoms with van der Waals surface area (Å²) < 4.78 is 6.68. The lowest BCUT2D eigenvalue weighted by Crippen LogP contribution is -2.00. The molecule has 1 aromatic carbocycles. The first kappa shape index (κ1) is 14.2. The minimum Gasteiger partial charge on any atom is -0.495 e. The molecule has 2 heterocycles. The summed E-state index contributed by atoms with van der Waals surface area (Å²) in [5.74, 6) is 0.559. The summed E-state index contributed by atoms with van der Waals surface area (Å²) in [6.45, 7) is 0. The summed E-state index contributed by atoms with van der Waals surface area (Å²) in [4.78, 5) is 15.3. The minimum atomic E-state index is 0.236. The van der Waals surface area contributed by atoms with Gasteiger partial charge in [0.1, 0.15) is 11.4 Å². The molecule has 0 unspecified atom stereocenters. The smallest absolute Gasteiger partial charge is 0.172 e. The third-order valence-corrected chi connectivity index (χ3v) is 3.42. The zero-order valence-corrected chi connectivity index (χ0v) is 12.4. The fourth-order valence-corrected chi connectivity index (χ4v) is 2.37. The monoisotopic (exact) mass is 314 g/mol. The third-order valence-electron chi connectivity index (χ3n) is 3.12. The Bertz CT molecular complexity index is 818. The number of hydrogen-bond acceptors (Lipinski definition) is 5. The standard InChI is InChI=1S/C15H11ClN4O2/c1-22-14-5-4-11(7-12(14)16)20-15(13(9-21)18-19-20)10-3-2-6-17-8-10/h2-9H,1H3. The van der Waals surface area contributed by atoms with Crippen molar-refractivity contribution in [1.29, 1.82) is 0 Å². The largest absolute Gasteiger partial charge is 0.495 e. The van der Waals surface area contributed by atoms with Crippen molar-refractivity contribution in [1.82, 2.24) is 20.0 Å². The first-order chi connectivity index (χ1) is 10.7. The van der Waals surface area contributed by atoms with Gasteiger partial charge in [-0.05, 0) is 30.3 Å². The molecule has 0 aliphatic carbocycles. The van der Waals surface area contributed by atoms with E-state index in [1.165, 1.54) is 0 Å². The molecule has 22 heavy (non-hydrogen) atoms. The Kier molecular flexibility index (Phi) is 3.84. The number of aldehydes is 1. The molecule has 0 saturated heterocycles. The van der Waals surface area contributed by atoms with Crippen LogP contribution in [0.15, 0.2) is 42.7 Å². The lowest BCUT2D eigenvalue weighted by Gasteiger charge is -2.09. The average molecular weight is 315 g/mol. The number of halogens is 1. The van der Waals surface area contributed by atoms with Gasteiger partial charge >= 0.3 is 0 Å². The van der Waals surface area contributed by atoms with E-state index in [2.05, 4.69) is 15.3 Å². The summed E-state index contributed by atoms with van der Waals surface area (Å²) in [5, 5.41) is 8.39. The number of nitrogens with zero attached hydrogens (tertiary/aromatic N) is 4. The predicted molar refractivity (Wildman–Crippen MR) is 81.5 cm³/mol. The van der Waals surface area contributed by atoms with Crippen molar-refractivity contribution in [3.63, 3.8) is 0 Å². The highest BCUT2D eigenvalue weighted by Crippen LogP contribution is 2.29. The second kappa shape index (κ2) is 5.95. The molecule has 7 heteroatoms. The summed E-state index contributed by atoms with van der Waals surface area (Å²) in [7, 11) is 1.54. The van der Waals surface area contributed by atoms with Crippen molar-refractivity contribution in [2.24, 2.45) is 0 Å². The van der Waals surface area contributed by atoms with Crippen LogP contribution in [0.1, 0.15) is 10.5 Å². The van der Waals surface area contributed by atoms with Crippen molar-refractivity contribution in [2.75, 3.05) is 7.11 Å². The van der Waals surface area contributed by atoms with E-state index in [0.717, 1.165) is 5.56 Å². The van der Waals surface area contributed by atoms with Crippen LogP contribution in [-0.2, 0) is 0 Å². The van der Waals surface area contributed by atoms with E-state index in [1.807, 2.05) is 6.07 Å². The molecule has 0 N–H and O–H groups in total. The molecule has 0 spiro atoms. The Morgan fingerprint density at radius 2 is 2.18 bits per heavy atom. The van der Waals surface area contributed by atoms with Crippen molar-refractivity contribution in [3.05, 3.63) is 53.4 Å². The quantitative estimate of drug-likeness (QED) is 0.693. The normalized spacial score (nSPS) is 10.5. The number of rotatable bonds is 4. The SMILES string of the molecule is COc1ccc(-n2nnc(C=O)c2-c2cccnc2)cc1Cl. The molecule has 0 saturated carbocycles. The second-order valence-electron chi connectivity index (χ2n) is 4.41. The molecule has 0 atom stereocenters. The van der Waals surface area contributed by atoms with Gasteiger partial charge in [-0.25, -0.2) is 4.68 Å². The van der Waals surface area contributed by atoms with Gasteiger partial charge in [0.25, 0.3) is 0 Å². The van der Waals surface area contributed by atoms with Gasteiger partial charge in [0.2, 0.25) is 0 Å². The predicted octanol–water partition coefficient (Wildman–Crippen LogP) is 2.80. The van der Waals surface area contributed by atoms with Crippen LogP contribution in [0.4, 0.5) is 0 Å². The molecule has 0 fully saturated rings. The van der Waals surface area contributed by atoms with Crippen molar-refractivity contribution in [3.8, 4) is 22.7 Å². The molecule has 0 aliphatic rings. The summed E-state index contributed by atoms with van der Waals surface area (Å²) in [6, 6.07) is 8.83. The minimum absolute atomic E-state index is 0.236. The van der Waals surface area contributed by atoms with Crippen LogP contribution in [0.3, 0.4) is 0 Å². The fourth-order valence-electron chi connectivity index (χ4n) is 2.11. The van der Waals surface area contributed by atoms with Crippen LogP contribution >= 0.6 is 11.6 Å². The number of benzene rings is 1. The van der Waals surface area contributed by atoms with Gasteiger partial charge in [-0.15, -0.1) is 5.10 Å². The summed E-state index contributed by atoms with van der Waals surface area (Å²) >= 11 is 6.15. The van der Waals surface area contributed by atoms with E-state index in [0.29, 0.717) is 28.4 Å².